The Morgan fingerprint density at radius 1 is 0.417 bits per heavy atom. The highest BCUT2D eigenvalue weighted by atomic mass is 16.7. The molecule has 0 aromatic rings. The summed E-state index contributed by atoms with van der Waals surface area (Å²) in [5, 5.41) is 9.71. The second-order valence-corrected chi connectivity index (χ2v) is 22.4. The Bertz CT molecular complexity index is 1230. The Labute approximate surface area is 446 Å². The summed E-state index contributed by atoms with van der Waals surface area (Å²) in [6.07, 6.45) is 62.6. The van der Waals surface area contributed by atoms with E-state index in [1.165, 1.54) is 231 Å². The van der Waals surface area contributed by atoms with Crippen LogP contribution in [0, 0.1) is 0 Å². The predicted molar refractivity (Wildman–Crippen MR) is 304 cm³/mol. The Balaban J connectivity index is 4.15. The van der Waals surface area contributed by atoms with E-state index in [0.29, 0.717) is 17.4 Å². The van der Waals surface area contributed by atoms with Crippen LogP contribution in [0.5, 0.6) is 0 Å². The summed E-state index contributed by atoms with van der Waals surface area (Å²) in [4.78, 5) is 37.5. The Kier molecular flexibility index (Phi) is 53.3. The minimum Gasteiger partial charge on any atom is -0.477 e. The van der Waals surface area contributed by atoms with E-state index in [1.807, 2.05) is 21.1 Å². The number of carboxylic acid groups (broad SMARTS) is 1. The van der Waals surface area contributed by atoms with Crippen LogP contribution < -0.4 is 0 Å². The van der Waals surface area contributed by atoms with Gasteiger partial charge < -0.3 is 28.5 Å². The molecule has 0 bridgehead atoms. The zero-order valence-corrected chi connectivity index (χ0v) is 48.4. The van der Waals surface area contributed by atoms with Gasteiger partial charge in [-0.15, -0.1) is 0 Å². The molecule has 72 heavy (non-hydrogen) atoms. The minimum atomic E-state index is -1.51. The van der Waals surface area contributed by atoms with Crippen LogP contribution in [0.2, 0.25) is 0 Å². The van der Waals surface area contributed by atoms with Crippen molar-refractivity contribution in [2.75, 3.05) is 47.5 Å². The number of rotatable bonds is 58. The van der Waals surface area contributed by atoms with Gasteiger partial charge in [-0.3, -0.25) is 9.59 Å². The number of likely N-dealkylation sites (N-methyl/N-ethyl adjacent to an activating group) is 1. The van der Waals surface area contributed by atoms with E-state index in [0.717, 1.165) is 44.9 Å². The molecular weight excluding hydrogens is 899 g/mol. The lowest BCUT2D eigenvalue weighted by Gasteiger charge is -2.25. The monoisotopic (exact) mass is 1020 g/mol. The molecule has 0 aliphatic rings. The van der Waals surface area contributed by atoms with Crippen LogP contribution in [-0.2, 0) is 33.3 Å². The van der Waals surface area contributed by atoms with Crippen LogP contribution in [0.15, 0.2) is 24.3 Å². The van der Waals surface area contributed by atoms with Gasteiger partial charge in [0.25, 0.3) is 6.29 Å². The van der Waals surface area contributed by atoms with Crippen LogP contribution in [-0.4, -0.2) is 87.4 Å². The van der Waals surface area contributed by atoms with E-state index in [4.69, 9.17) is 18.9 Å². The molecule has 0 amide bonds. The molecule has 0 rings (SSSR count). The first kappa shape index (κ1) is 69.8. The van der Waals surface area contributed by atoms with Crippen LogP contribution in [0.4, 0.5) is 0 Å². The summed E-state index contributed by atoms with van der Waals surface area (Å²) in [5.41, 5.74) is 0. The number of unbranched alkanes of at least 4 members (excludes halogenated alkanes) is 39. The van der Waals surface area contributed by atoms with E-state index < -0.39 is 18.4 Å². The Hall–Kier alpha value is -2.23. The lowest BCUT2D eigenvalue weighted by molar-refractivity contribution is -0.870. The van der Waals surface area contributed by atoms with Crippen molar-refractivity contribution in [1.29, 1.82) is 0 Å². The van der Waals surface area contributed by atoms with Crippen molar-refractivity contribution >= 4 is 17.9 Å². The zero-order chi connectivity index (χ0) is 52.7. The van der Waals surface area contributed by atoms with Gasteiger partial charge in [0, 0.05) is 12.8 Å². The summed E-state index contributed by atoms with van der Waals surface area (Å²) >= 11 is 0. The lowest BCUT2D eigenvalue weighted by Crippen LogP contribution is -2.40. The van der Waals surface area contributed by atoms with Crippen LogP contribution in [0.3, 0.4) is 0 Å². The van der Waals surface area contributed by atoms with Gasteiger partial charge in [-0.05, 0) is 44.9 Å². The number of carbonyl (C=O) groups excluding carboxylic acids is 2. The van der Waals surface area contributed by atoms with Gasteiger partial charge in [0.15, 0.2) is 6.10 Å². The molecule has 0 spiro atoms. The quantitative estimate of drug-likeness (QED) is 0.0211. The van der Waals surface area contributed by atoms with Crippen molar-refractivity contribution in [3.05, 3.63) is 24.3 Å². The summed E-state index contributed by atoms with van der Waals surface area (Å²) < 4.78 is 22.9. The van der Waals surface area contributed by atoms with Gasteiger partial charge >= 0.3 is 17.9 Å². The summed E-state index contributed by atoms with van der Waals surface area (Å²) in [5.74, 6) is -1.98. The molecule has 0 aliphatic heterocycles. The van der Waals surface area contributed by atoms with Crippen molar-refractivity contribution in [3.63, 3.8) is 0 Å². The molecule has 9 heteroatoms. The largest absolute Gasteiger partial charge is 0.477 e. The third kappa shape index (κ3) is 55.5. The number of carboxylic acids is 1. The van der Waals surface area contributed by atoms with E-state index in [1.54, 1.807) is 0 Å². The maximum absolute atomic E-state index is 12.9. The van der Waals surface area contributed by atoms with Gasteiger partial charge in [0.1, 0.15) is 13.2 Å². The third-order valence-corrected chi connectivity index (χ3v) is 14.0. The second-order valence-electron chi connectivity index (χ2n) is 22.4. The number of nitrogens with zero attached hydrogens (tertiary/aromatic N) is 1. The zero-order valence-electron chi connectivity index (χ0n) is 48.4. The number of allylic oxidation sites excluding steroid dienone is 4. The van der Waals surface area contributed by atoms with Gasteiger partial charge in [0.2, 0.25) is 0 Å². The van der Waals surface area contributed by atoms with Crippen molar-refractivity contribution in [2.45, 2.75) is 315 Å². The predicted octanol–water partition coefficient (Wildman–Crippen LogP) is 18.3. The van der Waals surface area contributed by atoms with Crippen LogP contribution in [0.1, 0.15) is 303 Å². The van der Waals surface area contributed by atoms with Crippen molar-refractivity contribution in [2.24, 2.45) is 0 Å². The second kappa shape index (κ2) is 55.0. The van der Waals surface area contributed by atoms with E-state index in [2.05, 4.69) is 38.2 Å². The summed E-state index contributed by atoms with van der Waals surface area (Å²) in [6, 6.07) is 0. The number of carbonyl (C=O) groups is 3. The average molecular weight is 1020 g/mol. The number of aliphatic carboxylic acids is 1. The van der Waals surface area contributed by atoms with E-state index >= 15 is 0 Å². The lowest BCUT2D eigenvalue weighted by atomic mass is 10.0. The van der Waals surface area contributed by atoms with Gasteiger partial charge in [-0.25, -0.2) is 4.79 Å². The van der Waals surface area contributed by atoms with Crippen LogP contribution in [0.25, 0.3) is 0 Å². The number of hydrogen-bond acceptors (Lipinski definition) is 7. The molecule has 0 aromatic heterocycles. The van der Waals surface area contributed by atoms with E-state index in [9.17, 15) is 19.5 Å². The summed E-state index contributed by atoms with van der Waals surface area (Å²) in [6.45, 7) is 4.93. The number of hydrogen-bond donors (Lipinski definition) is 1. The van der Waals surface area contributed by atoms with Gasteiger partial charge in [0.05, 0.1) is 34.4 Å². The Morgan fingerprint density at radius 3 is 1.10 bits per heavy atom. The molecular formula is C63H120NO8+. The topological polar surface area (TPSA) is 108 Å². The maximum Gasteiger partial charge on any atom is 0.361 e. The first-order valence-electron chi connectivity index (χ1n) is 31.0. The fourth-order valence-electron chi connectivity index (χ4n) is 9.16. The summed E-state index contributed by atoms with van der Waals surface area (Å²) in [7, 11) is 5.98. The van der Waals surface area contributed by atoms with Gasteiger partial charge in [-0.1, -0.05) is 269 Å². The molecule has 2 atom stereocenters. The molecule has 0 radical (unpaired) electrons. The molecule has 0 fully saturated rings. The Morgan fingerprint density at radius 2 is 0.750 bits per heavy atom. The molecule has 1 N–H and O–H groups in total. The first-order chi connectivity index (χ1) is 35.1. The molecule has 9 nitrogen and oxygen atoms in total. The highest BCUT2D eigenvalue weighted by molar-refractivity contribution is 5.71. The maximum atomic E-state index is 12.9. The standard InChI is InChI=1S/C63H119NO8/c1-6-8-10-12-14-16-18-20-22-24-26-28-29-30-31-32-33-34-36-38-40-42-44-46-48-50-52-54-61(66)72-59(58-71-63(62(67)68)69-56-55-64(3,4)5)57-70-60(65)53-51-49-47-45-43-41-39-37-35-27-25-23-21-19-17-15-13-11-9-7-2/h18,20,24,26,59,63H,6-17,19,21-23,25,27-58H2,1-5H3/p+1/b20-18-,26-24-. The highest BCUT2D eigenvalue weighted by Gasteiger charge is 2.25. The normalized spacial score (nSPS) is 12.8. The fraction of sp³-hybridized carbons (Fsp3) is 0.889. The molecule has 0 aromatic carbocycles. The van der Waals surface area contributed by atoms with Crippen molar-refractivity contribution in [1.82, 2.24) is 0 Å². The number of esters is 2. The van der Waals surface area contributed by atoms with Crippen LogP contribution >= 0.6 is 0 Å². The molecule has 0 heterocycles. The first-order valence-corrected chi connectivity index (χ1v) is 31.0. The highest BCUT2D eigenvalue weighted by Crippen LogP contribution is 2.18. The molecule has 0 saturated heterocycles. The van der Waals surface area contributed by atoms with Gasteiger partial charge in [-0.2, -0.15) is 0 Å². The molecule has 2 unspecified atom stereocenters. The minimum absolute atomic E-state index is 0.176. The third-order valence-electron chi connectivity index (χ3n) is 14.0. The average Bonchev–Trinajstić information content (AvgIpc) is 3.35. The smallest absolute Gasteiger partial charge is 0.361 e. The number of ether oxygens (including phenoxy) is 4. The van der Waals surface area contributed by atoms with Crippen molar-refractivity contribution in [3.8, 4) is 0 Å². The van der Waals surface area contributed by atoms with E-state index in [-0.39, 0.29) is 38.2 Å². The molecule has 424 valence electrons. The molecule has 0 saturated carbocycles. The number of quaternary nitrogens is 1. The van der Waals surface area contributed by atoms with Crippen molar-refractivity contribution < 1.29 is 42.9 Å². The molecule has 0 aliphatic carbocycles. The SMILES string of the molecule is CCCCCCC/C=C\C/C=C\CCCCCCCCCCCCCCCCCC(=O)OC(COC(=O)CCCCCCCCCCCCCCCCCCCCCC)COC(OCC[N+](C)(C)C)C(=O)O. The fourth-order valence-corrected chi connectivity index (χ4v) is 9.16.